The van der Waals surface area contributed by atoms with Crippen LogP contribution in [-0.2, 0) is 0 Å². The van der Waals surface area contributed by atoms with Crippen LogP contribution in [0.15, 0.2) is 76.3 Å². The number of rotatable bonds is 2. The van der Waals surface area contributed by atoms with Gasteiger partial charge in [-0.1, -0.05) is 51.8 Å². The zero-order chi connectivity index (χ0) is 19.3. The molecule has 2 aliphatic heterocycles. The highest BCUT2D eigenvalue weighted by molar-refractivity contribution is 9.10. The van der Waals surface area contributed by atoms with Crippen molar-refractivity contribution in [1.82, 2.24) is 5.01 Å². The first-order chi connectivity index (χ1) is 13.6. The minimum Gasteiger partial charge on any atom is -0.464 e. The second-order valence-electron chi connectivity index (χ2n) is 6.86. The van der Waals surface area contributed by atoms with Gasteiger partial charge in [0.25, 0.3) is 0 Å². The van der Waals surface area contributed by atoms with Crippen LogP contribution >= 0.6 is 27.5 Å². The van der Waals surface area contributed by atoms with Crippen LogP contribution < -0.4 is 4.74 Å². The van der Waals surface area contributed by atoms with Crippen molar-refractivity contribution in [1.29, 1.82) is 0 Å². The molecule has 0 N–H and O–H groups in total. The van der Waals surface area contributed by atoms with E-state index in [1.807, 2.05) is 47.5 Å². The second-order valence-corrected chi connectivity index (χ2v) is 8.21. The van der Waals surface area contributed by atoms with Gasteiger partial charge in [0.05, 0.1) is 11.8 Å². The molecule has 0 saturated heterocycles. The fourth-order valence-corrected chi connectivity index (χ4v) is 4.17. The second kappa shape index (κ2) is 6.90. The summed E-state index contributed by atoms with van der Waals surface area (Å²) in [6, 6.07) is 20.2. The van der Waals surface area contributed by atoms with E-state index in [-0.39, 0.29) is 18.1 Å². The maximum atomic E-state index is 13.3. The summed E-state index contributed by atoms with van der Waals surface area (Å²) in [5.74, 6) is 0.558. The Morgan fingerprint density at radius 3 is 2.54 bits per heavy atom. The van der Waals surface area contributed by atoms with Crippen molar-refractivity contribution in [2.45, 2.75) is 18.7 Å². The minimum atomic E-state index is -0.343. The maximum Gasteiger partial charge on any atom is 0.213 e. The van der Waals surface area contributed by atoms with Gasteiger partial charge in [-0.15, -0.1) is 0 Å². The Labute approximate surface area is 175 Å². The summed E-state index contributed by atoms with van der Waals surface area (Å²) in [5, 5.41) is 7.52. The number of nitrogens with zero attached hydrogens (tertiary/aromatic N) is 2. The molecule has 0 spiro atoms. The molecule has 28 heavy (non-hydrogen) atoms. The molecule has 2 aliphatic rings. The summed E-state index contributed by atoms with van der Waals surface area (Å²) in [4.78, 5) is 0. The van der Waals surface area contributed by atoms with Gasteiger partial charge in [0.2, 0.25) is 6.23 Å². The smallest absolute Gasteiger partial charge is 0.213 e. The molecule has 2 unspecified atom stereocenters. The number of hydrazone groups is 1. The summed E-state index contributed by atoms with van der Waals surface area (Å²) < 4.78 is 20.7. The van der Waals surface area contributed by atoms with E-state index in [1.165, 1.54) is 12.1 Å². The first-order valence-electron chi connectivity index (χ1n) is 8.92. The molecule has 6 heteroatoms. The average molecular weight is 458 g/mol. The zero-order valence-corrected chi connectivity index (χ0v) is 17.0. The number of hydrogen-bond donors (Lipinski definition) is 0. The number of halogens is 3. The van der Waals surface area contributed by atoms with Crippen molar-refractivity contribution in [3.05, 3.63) is 98.7 Å². The standard InChI is InChI=1S/C22H15BrClFN2O/c23-15-5-1-14(2-6-15)22-27-20(18-11-16(24)7-10-21(18)28-22)12-19(26-27)13-3-8-17(25)9-4-13/h1-11,20,22H,12H2. The van der Waals surface area contributed by atoms with E-state index in [1.54, 1.807) is 12.1 Å². The van der Waals surface area contributed by atoms with Crippen LogP contribution in [-0.4, -0.2) is 10.7 Å². The summed E-state index contributed by atoms with van der Waals surface area (Å²) in [6.07, 6.45) is 0.361. The molecule has 140 valence electrons. The summed E-state index contributed by atoms with van der Waals surface area (Å²) in [5.41, 5.74) is 3.84. The first-order valence-corrected chi connectivity index (χ1v) is 10.1. The molecule has 2 atom stereocenters. The fraction of sp³-hybridized carbons (Fsp3) is 0.136. The van der Waals surface area contributed by atoms with Crippen LogP contribution in [0.3, 0.4) is 0 Å². The van der Waals surface area contributed by atoms with Gasteiger partial charge in [-0.25, -0.2) is 9.40 Å². The highest BCUT2D eigenvalue weighted by atomic mass is 79.9. The molecule has 0 aliphatic carbocycles. The van der Waals surface area contributed by atoms with Crippen molar-refractivity contribution in [2.24, 2.45) is 5.10 Å². The summed E-state index contributed by atoms with van der Waals surface area (Å²) in [6.45, 7) is 0. The van der Waals surface area contributed by atoms with Gasteiger partial charge < -0.3 is 4.74 Å². The third-order valence-corrected chi connectivity index (χ3v) is 5.85. The quantitative estimate of drug-likeness (QED) is 0.440. The highest BCUT2D eigenvalue weighted by Gasteiger charge is 2.41. The molecule has 3 nitrogen and oxygen atoms in total. The topological polar surface area (TPSA) is 24.8 Å². The van der Waals surface area contributed by atoms with Crippen molar-refractivity contribution in [3.8, 4) is 5.75 Å². The third kappa shape index (κ3) is 3.09. The van der Waals surface area contributed by atoms with Crippen molar-refractivity contribution in [2.75, 3.05) is 0 Å². The van der Waals surface area contributed by atoms with Gasteiger partial charge in [0, 0.05) is 27.0 Å². The Hall–Kier alpha value is -2.37. The van der Waals surface area contributed by atoms with Crippen LogP contribution in [0, 0.1) is 5.82 Å². The van der Waals surface area contributed by atoms with Gasteiger partial charge in [-0.3, -0.25) is 0 Å². The average Bonchev–Trinajstić information content (AvgIpc) is 3.14. The van der Waals surface area contributed by atoms with Crippen LogP contribution in [0.25, 0.3) is 0 Å². The Morgan fingerprint density at radius 2 is 1.79 bits per heavy atom. The summed E-state index contributed by atoms with van der Waals surface area (Å²) >= 11 is 9.73. The Kier molecular flexibility index (Phi) is 4.37. The number of hydrogen-bond acceptors (Lipinski definition) is 3. The fourth-order valence-electron chi connectivity index (χ4n) is 3.72. The SMILES string of the molecule is Fc1ccc(C2=NN3C(C2)c2cc(Cl)ccc2OC3c2ccc(Br)cc2)cc1. The van der Waals surface area contributed by atoms with E-state index in [4.69, 9.17) is 21.4 Å². The Bertz CT molecular complexity index is 1070. The van der Waals surface area contributed by atoms with Gasteiger partial charge in [0.15, 0.2) is 0 Å². The minimum absolute atomic E-state index is 0.0103. The monoisotopic (exact) mass is 456 g/mol. The van der Waals surface area contributed by atoms with Crippen molar-refractivity contribution < 1.29 is 9.13 Å². The lowest BCUT2D eigenvalue weighted by atomic mass is 9.96. The lowest BCUT2D eigenvalue weighted by Gasteiger charge is -2.38. The van der Waals surface area contributed by atoms with Crippen LogP contribution in [0.1, 0.15) is 35.4 Å². The first kappa shape index (κ1) is 17.7. The number of fused-ring (bicyclic) bond motifs is 3. The third-order valence-electron chi connectivity index (χ3n) is 5.08. The molecule has 3 aromatic rings. The predicted octanol–water partition coefficient (Wildman–Crippen LogP) is 6.48. The molecular weight excluding hydrogens is 443 g/mol. The van der Waals surface area contributed by atoms with Crippen molar-refractivity contribution >= 4 is 33.2 Å². The van der Waals surface area contributed by atoms with Crippen molar-refractivity contribution in [3.63, 3.8) is 0 Å². The van der Waals surface area contributed by atoms with Crippen LogP contribution in [0.5, 0.6) is 5.75 Å². The highest BCUT2D eigenvalue weighted by Crippen LogP contribution is 2.48. The molecule has 0 radical (unpaired) electrons. The van der Waals surface area contributed by atoms with Crippen LogP contribution in [0.2, 0.25) is 5.02 Å². The normalized spacial score (nSPS) is 20.2. The molecule has 5 rings (SSSR count). The van der Waals surface area contributed by atoms with E-state index in [0.717, 1.165) is 32.6 Å². The van der Waals surface area contributed by atoms with E-state index in [2.05, 4.69) is 15.9 Å². The maximum absolute atomic E-state index is 13.3. The Balaban J connectivity index is 1.59. The van der Waals surface area contributed by atoms with Crippen LogP contribution in [0.4, 0.5) is 4.39 Å². The van der Waals surface area contributed by atoms with E-state index >= 15 is 0 Å². The molecule has 0 bridgehead atoms. The molecule has 0 aromatic heterocycles. The summed E-state index contributed by atoms with van der Waals surface area (Å²) in [7, 11) is 0. The van der Waals surface area contributed by atoms with Gasteiger partial charge in [-0.05, 0) is 48.0 Å². The molecule has 2 heterocycles. The molecule has 3 aromatic carbocycles. The lowest BCUT2D eigenvalue weighted by Crippen LogP contribution is -2.33. The number of ether oxygens (including phenoxy) is 1. The van der Waals surface area contributed by atoms with Gasteiger partial charge in [-0.2, -0.15) is 5.10 Å². The predicted molar refractivity (Wildman–Crippen MR) is 111 cm³/mol. The molecular formula is C22H15BrClFN2O. The van der Waals surface area contributed by atoms with Gasteiger partial charge >= 0.3 is 0 Å². The largest absolute Gasteiger partial charge is 0.464 e. The Morgan fingerprint density at radius 1 is 1.04 bits per heavy atom. The molecule has 0 saturated carbocycles. The number of benzene rings is 3. The lowest BCUT2D eigenvalue weighted by molar-refractivity contribution is -0.0190. The van der Waals surface area contributed by atoms with E-state index in [9.17, 15) is 4.39 Å². The van der Waals surface area contributed by atoms with E-state index < -0.39 is 0 Å². The zero-order valence-electron chi connectivity index (χ0n) is 14.6. The van der Waals surface area contributed by atoms with E-state index in [0.29, 0.717) is 11.4 Å². The molecule has 0 fully saturated rings. The van der Waals surface area contributed by atoms with Gasteiger partial charge in [0.1, 0.15) is 11.6 Å². The molecule has 0 amide bonds.